The first-order valence-electron chi connectivity index (χ1n) is 5.06. The fourth-order valence-corrected chi connectivity index (χ4v) is 2.36. The molecule has 2 aromatic rings. The summed E-state index contributed by atoms with van der Waals surface area (Å²) in [5, 5.41) is 4.13. The minimum atomic E-state index is 0.777. The van der Waals surface area contributed by atoms with E-state index in [0.29, 0.717) is 0 Å². The molecule has 0 fully saturated rings. The summed E-state index contributed by atoms with van der Waals surface area (Å²) in [7, 11) is 0. The van der Waals surface area contributed by atoms with Gasteiger partial charge in [0, 0.05) is 4.88 Å². The summed E-state index contributed by atoms with van der Waals surface area (Å²) < 4.78 is 0. The Kier molecular flexibility index (Phi) is 3.46. The van der Waals surface area contributed by atoms with Crippen LogP contribution in [0.2, 0.25) is 5.02 Å². The molecule has 4 heteroatoms. The minimum absolute atomic E-state index is 0.777. The largest absolute Gasteiger partial charge is 0.379 e. The van der Waals surface area contributed by atoms with Crippen LogP contribution in [0, 0.1) is 13.8 Å². The maximum Gasteiger partial charge on any atom is 0.0798 e. The molecule has 0 bridgehead atoms. The fraction of sp³-hybridized carbons (Fsp3) is 0.250. The van der Waals surface area contributed by atoms with Crippen molar-refractivity contribution in [3.63, 3.8) is 0 Å². The summed E-state index contributed by atoms with van der Waals surface area (Å²) in [5.41, 5.74) is 5.02. The molecule has 0 spiro atoms. The molecule has 0 aliphatic heterocycles. The third-order valence-electron chi connectivity index (χ3n) is 2.48. The average molecular weight is 253 g/mol. The fourth-order valence-electron chi connectivity index (χ4n) is 1.46. The molecule has 84 valence electrons. The quantitative estimate of drug-likeness (QED) is 0.892. The van der Waals surface area contributed by atoms with Gasteiger partial charge in [-0.3, -0.25) is 0 Å². The third kappa shape index (κ3) is 2.36. The van der Waals surface area contributed by atoms with Gasteiger partial charge in [-0.2, -0.15) is 0 Å². The van der Waals surface area contributed by atoms with Gasteiger partial charge in [0.2, 0.25) is 0 Å². The molecule has 2 nitrogen and oxygen atoms in total. The van der Waals surface area contributed by atoms with Crippen molar-refractivity contribution in [2.75, 3.05) is 5.32 Å². The second-order valence-electron chi connectivity index (χ2n) is 3.65. The molecule has 0 radical (unpaired) electrons. The number of benzene rings is 1. The molecule has 0 amide bonds. The van der Waals surface area contributed by atoms with Crippen molar-refractivity contribution in [2.24, 2.45) is 0 Å². The molecule has 16 heavy (non-hydrogen) atoms. The van der Waals surface area contributed by atoms with E-state index >= 15 is 0 Å². The monoisotopic (exact) mass is 252 g/mol. The highest BCUT2D eigenvalue weighted by Crippen LogP contribution is 2.26. The first kappa shape index (κ1) is 11.4. The number of anilines is 1. The zero-order valence-corrected chi connectivity index (χ0v) is 10.8. The number of hydrogen-bond donors (Lipinski definition) is 1. The number of nitrogens with zero attached hydrogens (tertiary/aromatic N) is 1. The number of rotatable bonds is 3. The van der Waals surface area contributed by atoms with Crippen molar-refractivity contribution >= 4 is 28.6 Å². The Morgan fingerprint density at radius 3 is 2.88 bits per heavy atom. The van der Waals surface area contributed by atoms with Crippen LogP contribution in [0.25, 0.3) is 0 Å². The second kappa shape index (κ2) is 4.85. The summed E-state index contributed by atoms with van der Waals surface area (Å²) >= 11 is 7.86. The van der Waals surface area contributed by atoms with Crippen LogP contribution in [-0.2, 0) is 6.54 Å². The first-order chi connectivity index (χ1) is 7.68. The van der Waals surface area contributed by atoms with Crippen molar-refractivity contribution in [3.8, 4) is 0 Å². The lowest BCUT2D eigenvalue weighted by atomic mass is 10.2. The van der Waals surface area contributed by atoms with Gasteiger partial charge in [0.15, 0.2) is 0 Å². The summed E-state index contributed by atoms with van der Waals surface area (Å²) in [6.07, 6.45) is 0. The number of aryl methyl sites for hydroxylation is 2. The lowest BCUT2D eigenvalue weighted by Crippen LogP contribution is -2.00. The number of hydrogen-bond acceptors (Lipinski definition) is 3. The summed E-state index contributed by atoms with van der Waals surface area (Å²) in [5.74, 6) is 0. The Morgan fingerprint density at radius 1 is 1.38 bits per heavy atom. The standard InChI is InChI=1S/C12H13ClN2S/c1-8-4-3-5-10(12(8)13)14-6-11-9(2)15-7-16-11/h3-5,7,14H,6H2,1-2H3. The predicted molar refractivity (Wildman–Crippen MR) is 70.4 cm³/mol. The number of halogens is 1. The molecular formula is C12H13ClN2S. The van der Waals surface area contributed by atoms with E-state index in [0.717, 1.165) is 28.5 Å². The number of thiazole rings is 1. The van der Waals surface area contributed by atoms with E-state index in [1.807, 2.05) is 37.6 Å². The van der Waals surface area contributed by atoms with Crippen LogP contribution < -0.4 is 5.32 Å². The van der Waals surface area contributed by atoms with E-state index in [2.05, 4.69) is 10.3 Å². The molecular weight excluding hydrogens is 240 g/mol. The van der Waals surface area contributed by atoms with Gasteiger partial charge in [-0.25, -0.2) is 4.98 Å². The highest BCUT2D eigenvalue weighted by atomic mass is 35.5. The minimum Gasteiger partial charge on any atom is -0.379 e. The molecule has 0 atom stereocenters. The smallest absolute Gasteiger partial charge is 0.0798 e. The van der Waals surface area contributed by atoms with E-state index in [9.17, 15) is 0 Å². The second-order valence-corrected chi connectivity index (χ2v) is 4.97. The van der Waals surface area contributed by atoms with Crippen LogP contribution in [-0.4, -0.2) is 4.98 Å². The topological polar surface area (TPSA) is 24.9 Å². The normalized spacial score (nSPS) is 10.4. The molecule has 2 rings (SSSR count). The van der Waals surface area contributed by atoms with Gasteiger partial charge in [-0.1, -0.05) is 23.7 Å². The van der Waals surface area contributed by atoms with Gasteiger partial charge in [0.1, 0.15) is 0 Å². The Hall–Kier alpha value is -1.06. The Morgan fingerprint density at radius 2 is 2.19 bits per heavy atom. The van der Waals surface area contributed by atoms with Crippen LogP contribution in [0.5, 0.6) is 0 Å². The van der Waals surface area contributed by atoms with E-state index < -0.39 is 0 Å². The SMILES string of the molecule is Cc1cccc(NCc2scnc2C)c1Cl. The van der Waals surface area contributed by atoms with Crippen LogP contribution in [0.15, 0.2) is 23.7 Å². The number of nitrogens with one attached hydrogen (secondary N) is 1. The van der Waals surface area contributed by atoms with Crippen molar-refractivity contribution in [2.45, 2.75) is 20.4 Å². The van der Waals surface area contributed by atoms with E-state index in [1.165, 1.54) is 4.88 Å². The van der Waals surface area contributed by atoms with Gasteiger partial charge in [0.25, 0.3) is 0 Å². The maximum atomic E-state index is 6.20. The summed E-state index contributed by atoms with van der Waals surface area (Å²) in [6, 6.07) is 6.00. The zero-order valence-electron chi connectivity index (χ0n) is 9.25. The Balaban J connectivity index is 2.11. The molecule has 0 aliphatic rings. The van der Waals surface area contributed by atoms with E-state index in [-0.39, 0.29) is 0 Å². The Labute approximate surface area is 104 Å². The average Bonchev–Trinajstić information content (AvgIpc) is 2.67. The summed E-state index contributed by atoms with van der Waals surface area (Å²) in [6.45, 7) is 4.80. The lowest BCUT2D eigenvalue weighted by Gasteiger charge is -2.09. The molecule has 1 heterocycles. The highest BCUT2D eigenvalue weighted by Gasteiger charge is 2.04. The van der Waals surface area contributed by atoms with Crippen molar-refractivity contribution in [3.05, 3.63) is 44.9 Å². The molecule has 0 aliphatic carbocycles. The molecule has 0 unspecified atom stereocenters. The molecule has 0 saturated carbocycles. The van der Waals surface area contributed by atoms with E-state index in [4.69, 9.17) is 11.6 Å². The van der Waals surface area contributed by atoms with Gasteiger partial charge in [0.05, 0.1) is 28.5 Å². The zero-order chi connectivity index (χ0) is 11.5. The van der Waals surface area contributed by atoms with E-state index in [1.54, 1.807) is 11.3 Å². The highest BCUT2D eigenvalue weighted by molar-refractivity contribution is 7.09. The van der Waals surface area contributed by atoms with Crippen LogP contribution in [0.4, 0.5) is 5.69 Å². The van der Waals surface area contributed by atoms with Crippen molar-refractivity contribution in [1.82, 2.24) is 4.98 Å². The van der Waals surface area contributed by atoms with Gasteiger partial charge < -0.3 is 5.32 Å². The molecule has 1 N–H and O–H groups in total. The van der Waals surface area contributed by atoms with Crippen molar-refractivity contribution in [1.29, 1.82) is 0 Å². The molecule has 1 aromatic carbocycles. The third-order valence-corrected chi connectivity index (χ3v) is 3.91. The van der Waals surface area contributed by atoms with Gasteiger partial charge >= 0.3 is 0 Å². The van der Waals surface area contributed by atoms with Crippen LogP contribution in [0.3, 0.4) is 0 Å². The van der Waals surface area contributed by atoms with Gasteiger partial charge in [-0.15, -0.1) is 11.3 Å². The van der Waals surface area contributed by atoms with Gasteiger partial charge in [-0.05, 0) is 25.5 Å². The lowest BCUT2D eigenvalue weighted by molar-refractivity contribution is 1.12. The molecule has 0 saturated heterocycles. The van der Waals surface area contributed by atoms with Crippen LogP contribution in [0.1, 0.15) is 16.1 Å². The Bertz CT molecular complexity index is 494. The molecule has 1 aromatic heterocycles. The maximum absolute atomic E-state index is 6.20. The van der Waals surface area contributed by atoms with Crippen LogP contribution >= 0.6 is 22.9 Å². The van der Waals surface area contributed by atoms with Crippen molar-refractivity contribution < 1.29 is 0 Å². The summed E-state index contributed by atoms with van der Waals surface area (Å²) in [4.78, 5) is 5.46. The number of aromatic nitrogens is 1. The predicted octanol–water partition coefficient (Wildman–Crippen LogP) is 4.03. The first-order valence-corrected chi connectivity index (χ1v) is 6.32.